The zero-order valence-electron chi connectivity index (χ0n) is 17.6. The van der Waals surface area contributed by atoms with Crippen molar-refractivity contribution in [3.05, 3.63) is 59.7 Å². The van der Waals surface area contributed by atoms with Crippen molar-refractivity contribution in [1.82, 2.24) is 0 Å². The highest BCUT2D eigenvalue weighted by molar-refractivity contribution is 5.27. The molecule has 2 aromatic rings. The van der Waals surface area contributed by atoms with Gasteiger partial charge in [-0.15, -0.1) is 0 Å². The average molecular weight is 403 g/mol. The maximum Gasteiger partial charge on any atom is 0.118 e. The van der Waals surface area contributed by atoms with Crippen LogP contribution in [0.4, 0.5) is 0 Å². The van der Waals surface area contributed by atoms with Crippen LogP contribution in [0.1, 0.15) is 36.8 Å². The first kappa shape index (κ1) is 23.2. The molecule has 0 fully saturated rings. The highest BCUT2D eigenvalue weighted by atomic mass is 16.5. The van der Waals surface area contributed by atoms with Gasteiger partial charge in [-0.05, 0) is 67.0 Å². The number of methoxy groups -OCH3 is 2. The largest absolute Gasteiger partial charge is 0.497 e. The molecule has 0 atom stereocenters. The van der Waals surface area contributed by atoms with E-state index in [2.05, 4.69) is 0 Å². The van der Waals surface area contributed by atoms with Crippen molar-refractivity contribution in [2.24, 2.45) is 5.92 Å². The van der Waals surface area contributed by atoms with E-state index in [-0.39, 0.29) is 6.61 Å². The molecule has 0 bridgehead atoms. The Labute approximate surface area is 174 Å². The molecule has 0 aromatic heterocycles. The molecule has 0 saturated heterocycles. The van der Waals surface area contributed by atoms with Crippen LogP contribution in [0.25, 0.3) is 0 Å². The smallest absolute Gasteiger partial charge is 0.118 e. The summed E-state index contributed by atoms with van der Waals surface area (Å²) in [7, 11) is 3.33. The monoisotopic (exact) mass is 402 g/mol. The molecule has 0 aliphatic carbocycles. The summed E-state index contributed by atoms with van der Waals surface area (Å²) in [6.07, 6.45) is 3.84. The summed E-state index contributed by atoms with van der Waals surface area (Å²) in [6, 6.07) is 15.8. The van der Waals surface area contributed by atoms with E-state index in [4.69, 9.17) is 18.9 Å². The fourth-order valence-corrected chi connectivity index (χ4v) is 3.10. The van der Waals surface area contributed by atoms with Crippen LogP contribution in [0.5, 0.6) is 11.5 Å². The van der Waals surface area contributed by atoms with Crippen LogP contribution in [-0.4, -0.2) is 39.1 Å². The van der Waals surface area contributed by atoms with Gasteiger partial charge in [0.2, 0.25) is 0 Å². The van der Waals surface area contributed by atoms with Gasteiger partial charge in [0.1, 0.15) is 11.5 Å². The van der Waals surface area contributed by atoms with Gasteiger partial charge in [-0.2, -0.15) is 0 Å². The summed E-state index contributed by atoms with van der Waals surface area (Å²) in [5, 5.41) is 9.59. The number of rotatable bonds is 15. The summed E-state index contributed by atoms with van der Waals surface area (Å²) in [5.41, 5.74) is 2.28. The highest BCUT2D eigenvalue weighted by Crippen LogP contribution is 2.16. The Hall–Kier alpha value is -2.08. The standard InChI is InChI=1S/C24H34O5/c1-26-23-11-7-21(8-12-23)18-28-15-3-5-20(17-25)6-4-16-29-19-22-9-13-24(27-2)14-10-22/h7-14,20,25H,3-6,15-19H2,1-2H3. The fourth-order valence-electron chi connectivity index (χ4n) is 3.10. The molecule has 29 heavy (non-hydrogen) atoms. The van der Waals surface area contributed by atoms with E-state index < -0.39 is 0 Å². The van der Waals surface area contributed by atoms with Gasteiger partial charge >= 0.3 is 0 Å². The molecule has 1 N–H and O–H groups in total. The zero-order valence-corrected chi connectivity index (χ0v) is 17.6. The number of hydrogen-bond acceptors (Lipinski definition) is 5. The van der Waals surface area contributed by atoms with E-state index in [0.29, 0.717) is 32.3 Å². The average Bonchev–Trinajstić information content (AvgIpc) is 2.78. The van der Waals surface area contributed by atoms with Crippen LogP contribution < -0.4 is 9.47 Å². The van der Waals surface area contributed by atoms with Gasteiger partial charge in [0, 0.05) is 19.8 Å². The third-order valence-electron chi connectivity index (χ3n) is 4.92. The third-order valence-corrected chi connectivity index (χ3v) is 4.92. The minimum absolute atomic E-state index is 0.219. The summed E-state index contributed by atoms with van der Waals surface area (Å²) < 4.78 is 21.8. The predicted molar refractivity (Wildman–Crippen MR) is 114 cm³/mol. The van der Waals surface area contributed by atoms with Crippen molar-refractivity contribution < 1.29 is 24.1 Å². The SMILES string of the molecule is COc1ccc(COCCCC(CO)CCCOCc2ccc(OC)cc2)cc1. The minimum atomic E-state index is 0.219. The second kappa shape index (κ2) is 14.0. The van der Waals surface area contributed by atoms with E-state index in [0.717, 1.165) is 48.3 Å². The van der Waals surface area contributed by atoms with E-state index in [1.54, 1.807) is 14.2 Å². The molecule has 0 unspecified atom stereocenters. The van der Waals surface area contributed by atoms with Gasteiger partial charge in [0.15, 0.2) is 0 Å². The first-order chi connectivity index (χ1) is 14.2. The van der Waals surface area contributed by atoms with Crippen LogP contribution in [0, 0.1) is 5.92 Å². The highest BCUT2D eigenvalue weighted by Gasteiger charge is 2.07. The number of ether oxygens (including phenoxy) is 4. The van der Waals surface area contributed by atoms with Crippen LogP contribution in [-0.2, 0) is 22.7 Å². The second-order valence-electron chi connectivity index (χ2n) is 7.13. The molecule has 0 amide bonds. The molecule has 0 aliphatic heterocycles. The lowest BCUT2D eigenvalue weighted by Gasteiger charge is -2.14. The molecular weight excluding hydrogens is 368 g/mol. The maximum atomic E-state index is 9.59. The summed E-state index contributed by atoms with van der Waals surface area (Å²) >= 11 is 0. The van der Waals surface area contributed by atoms with Crippen molar-refractivity contribution in [3.63, 3.8) is 0 Å². The zero-order chi connectivity index (χ0) is 20.7. The molecule has 5 nitrogen and oxygen atoms in total. The molecule has 0 heterocycles. The van der Waals surface area contributed by atoms with Gasteiger partial charge in [-0.25, -0.2) is 0 Å². The first-order valence-electron chi connectivity index (χ1n) is 10.3. The Kier molecular flexibility index (Phi) is 11.2. The van der Waals surface area contributed by atoms with E-state index in [9.17, 15) is 5.11 Å². The molecule has 160 valence electrons. The molecule has 0 saturated carbocycles. The maximum absolute atomic E-state index is 9.59. The molecule has 0 spiro atoms. The van der Waals surface area contributed by atoms with Crippen LogP contribution in [0.3, 0.4) is 0 Å². The van der Waals surface area contributed by atoms with Gasteiger partial charge in [-0.3, -0.25) is 0 Å². The molecule has 5 heteroatoms. The van der Waals surface area contributed by atoms with Crippen molar-refractivity contribution in [1.29, 1.82) is 0 Å². The number of aliphatic hydroxyl groups is 1. The molecule has 0 radical (unpaired) electrons. The van der Waals surface area contributed by atoms with E-state index in [1.807, 2.05) is 48.5 Å². The van der Waals surface area contributed by atoms with E-state index >= 15 is 0 Å². The van der Waals surface area contributed by atoms with Crippen molar-refractivity contribution >= 4 is 0 Å². The lowest BCUT2D eigenvalue weighted by molar-refractivity contribution is 0.0978. The first-order valence-corrected chi connectivity index (χ1v) is 10.3. The topological polar surface area (TPSA) is 57.2 Å². The fraction of sp³-hybridized carbons (Fsp3) is 0.500. The van der Waals surface area contributed by atoms with Crippen LogP contribution >= 0.6 is 0 Å². The van der Waals surface area contributed by atoms with E-state index in [1.165, 1.54) is 0 Å². The van der Waals surface area contributed by atoms with Gasteiger partial charge in [-0.1, -0.05) is 24.3 Å². The quantitative estimate of drug-likeness (QED) is 0.441. The third kappa shape index (κ3) is 9.31. The lowest BCUT2D eigenvalue weighted by atomic mass is 9.99. The van der Waals surface area contributed by atoms with Crippen molar-refractivity contribution in [2.75, 3.05) is 34.0 Å². The number of hydrogen-bond donors (Lipinski definition) is 1. The number of aliphatic hydroxyl groups excluding tert-OH is 1. The van der Waals surface area contributed by atoms with Crippen molar-refractivity contribution in [2.45, 2.75) is 38.9 Å². The molecular formula is C24H34O5. The second-order valence-corrected chi connectivity index (χ2v) is 7.13. The predicted octanol–water partition coefficient (Wildman–Crippen LogP) is 4.61. The molecule has 0 aliphatic rings. The Morgan fingerprint density at radius 3 is 1.45 bits per heavy atom. The number of benzene rings is 2. The Morgan fingerprint density at radius 1 is 0.690 bits per heavy atom. The molecule has 2 rings (SSSR count). The summed E-state index contributed by atoms with van der Waals surface area (Å²) in [6.45, 7) is 2.84. The Bertz CT molecular complexity index is 596. The van der Waals surface area contributed by atoms with Gasteiger partial charge in [0.05, 0.1) is 27.4 Å². The van der Waals surface area contributed by atoms with Gasteiger partial charge in [0.25, 0.3) is 0 Å². The Balaban J connectivity index is 1.50. The lowest BCUT2D eigenvalue weighted by Crippen LogP contribution is -2.09. The normalized spacial score (nSPS) is 11.0. The van der Waals surface area contributed by atoms with Crippen LogP contribution in [0.15, 0.2) is 48.5 Å². The minimum Gasteiger partial charge on any atom is -0.497 e. The van der Waals surface area contributed by atoms with Crippen molar-refractivity contribution in [3.8, 4) is 11.5 Å². The van der Waals surface area contributed by atoms with Gasteiger partial charge < -0.3 is 24.1 Å². The summed E-state index contributed by atoms with van der Waals surface area (Å²) in [5.74, 6) is 2.02. The molecule has 2 aromatic carbocycles. The Morgan fingerprint density at radius 2 is 1.10 bits per heavy atom. The summed E-state index contributed by atoms with van der Waals surface area (Å²) in [4.78, 5) is 0. The van der Waals surface area contributed by atoms with Crippen LogP contribution in [0.2, 0.25) is 0 Å².